The molecule has 0 aliphatic rings. The van der Waals surface area contributed by atoms with Crippen LogP contribution in [0.25, 0.3) is 0 Å². The van der Waals surface area contributed by atoms with Crippen molar-refractivity contribution in [3.63, 3.8) is 0 Å². The first-order chi connectivity index (χ1) is 9.95. The number of benzene rings is 1. The quantitative estimate of drug-likeness (QED) is 0.512. The highest BCUT2D eigenvalue weighted by Crippen LogP contribution is 2.07. The van der Waals surface area contributed by atoms with Gasteiger partial charge in [-0.25, -0.2) is 9.69 Å². The number of nitrogens with one attached hydrogen (secondary N) is 1. The van der Waals surface area contributed by atoms with Crippen molar-refractivity contribution in [2.45, 2.75) is 13.8 Å². The number of rotatable bonds is 5. The highest BCUT2D eigenvalue weighted by atomic mass is 16.6. The maximum absolute atomic E-state index is 12.1. The second kappa shape index (κ2) is 8.08. The van der Waals surface area contributed by atoms with Crippen LogP contribution in [0.2, 0.25) is 0 Å². The van der Waals surface area contributed by atoms with Crippen LogP contribution in [-0.2, 0) is 4.74 Å². The zero-order valence-electron chi connectivity index (χ0n) is 12.6. The lowest BCUT2D eigenvalue weighted by Crippen LogP contribution is -2.36. The number of nitrogens with zero attached hydrogens (tertiary/aromatic N) is 1. The van der Waals surface area contributed by atoms with Gasteiger partial charge in [0.1, 0.15) is 6.73 Å². The van der Waals surface area contributed by atoms with Crippen LogP contribution in [0, 0.1) is 18.3 Å². The van der Waals surface area contributed by atoms with Crippen LogP contribution in [0.1, 0.15) is 29.8 Å². The SMILES string of the molecule is C#Cc1ccc(C(=O)N(C)C(=O)OCNCC(C)C)cc1. The molecule has 0 radical (unpaired) electrons. The van der Waals surface area contributed by atoms with Crippen LogP contribution in [0.3, 0.4) is 0 Å². The summed E-state index contributed by atoms with van der Waals surface area (Å²) in [6.07, 6.45) is 4.55. The minimum atomic E-state index is -0.697. The number of imide groups is 1. The fourth-order valence-electron chi connectivity index (χ4n) is 1.54. The van der Waals surface area contributed by atoms with Crippen molar-refractivity contribution in [2.24, 2.45) is 5.92 Å². The second-order valence-corrected chi connectivity index (χ2v) is 4.99. The van der Waals surface area contributed by atoms with E-state index in [-0.39, 0.29) is 6.73 Å². The molecule has 0 aliphatic carbocycles. The van der Waals surface area contributed by atoms with Gasteiger partial charge in [0.25, 0.3) is 5.91 Å². The lowest BCUT2D eigenvalue weighted by molar-refractivity contribution is 0.0688. The Morgan fingerprint density at radius 2 is 1.95 bits per heavy atom. The van der Waals surface area contributed by atoms with E-state index in [2.05, 4.69) is 11.2 Å². The average molecular weight is 288 g/mol. The van der Waals surface area contributed by atoms with Crippen molar-refractivity contribution in [3.8, 4) is 12.3 Å². The number of hydrogen-bond acceptors (Lipinski definition) is 4. The van der Waals surface area contributed by atoms with Crippen LogP contribution >= 0.6 is 0 Å². The van der Waals surface area contributed by atoms with Crippen LogP contribution in [-0.4, -0.2) is 37.2 Å². The Morgan fingerprint density at radius 3 is 2.48 bits per heavy atom. The first-order valence-corrected chi connectivity index (χ1v) is 6.68. The Morgan fingerprint density at radius 1 is 1.33 bits per heavy atom. The molecule has 0 fully saturated rings. The van der Waals surface area contributed by atoms with E-state index < -0.39 is 12.0 Å². The Labute approximate surface area is 125 Å². The van der Waals surface area contributed by atoms with Gasteiger partial charge in [-0.3, -0.25) is 10.1 Å². The van der Waals surface area contributed by atoms with Gasteiger partial charge in [0.15, 0.2) is 0 Å². The topological polar surface area (TPSA) is 58.6 Å². The average Bonchev–Trinajstić information content (AvgIpc) is 2.49. The predicted octanol–water partition coefficient (Wildman–Crippen LogP) is 2.08. The number of carbonyl (C=O) groups is 2. The Hall–Kier alpha value is -2.32. The van der Waals surface area contributed by atoms with Crippen LogP contribution in [0.5, 0.6) is 0 Å². The number of ether oxygens (including phenoxy) is 1. The zero-order chi connectivity index (χ0) is 15.8. The van der Waals surface area contributed by atoms with Crippen molar-refractivity contribution in [1.82, 2.24) is 10.2 Å². The summed E-state index contributed by atoms with van der Waals surface area (Å²) in [7, 11) is 1.38. The van der Waals surface area contributed by atoms with E-state index in [1.54, 1.807) is 24.3 Å². The predicted molar refractivity (Wildman–Crippen MR) is 80.7 cm³/mol. The molecule has 0 aromatic heterocycles. The summed E-state index contributed by atoms with van der Waals surface area (Å²) in [4.78, 5) is 24.7. The molecular formula is C16H20N2O3. The fraction of sp³-hybridized carbons (Fsp3) is 0.375. The van der Waals surface area contributed by atoms with Gasteiger partial charge in [-0.05, 0) is 30.2 Å². The Bertz CT molecular complexity index is 529. The highest BCUT2D eigenvalue weighted by Gasteiger charge is 2.19. The Kier molecular flexibility index (Phi) is 6.44. The van der Waals surface area contributed by atoms with E-state index in [1.807, 2.05) is 13.8 Å². The molecule has 0 bridgehead atoms. The van der Waals surface area contributed by atoms with Crippen LogP contribution in [0.4, 0.5) is 4.79 Å². The lowest BCUT2D eigenvalue weighted by atomic mass is 10.1. The molecule has 21 heavy (non-hydrogen) atoms. The van der Waals surface area contributed by atoms with Gasteiger partial charge in [0.05, 0.1) is 0 Å². The molecular weight excluding hydrogens is 268 g/mol. The summed E-state index contributed by atoms with van der Waals surface area (Å²) >= 11 is 0. The zero-order valence-corrected chi connectivity index (χ0v) is 12.6. The number of hydrogen-bond donors (Lipinski definition) is 1. The standard InChI is InChI=1S/C16H20N2O3/c1-5-13-6-8-14(9-7-13)15(19)18(4)16(20)21-11-17-10-12(2)3/h1,6-9,12,17H,10-11H2,2-4H3. The van der Waals surface area contributed by atoms with Gasteiger partial charge in [-0.2, -0.15) is 0 Å². The highest BCUT2D eigenvalue weighted by molar-refractivity contribution is 6.02. The summed E-state index contributed by atoms with van der Waals surface area (Å²) in [6.45, 7) is 4.90. The van der Waals surface area contributed by atoms with Gasteiger partial charge < -0.3 is 4.74 Å². The number of carbonyl (C=O) groups excluding carboxylic acids is 2. The molecule has 1 rings (SSSR count). The van der Waals surface area contributed by atoms with E-state index in [9.17, 15) is 9.59 Å². The first kappa shape index (κ1) is 16.7. The third-order valence-electron chi connectivity index (χ3n) is 2.73. The molecule has 1 aromatic rings. The maximum atomic E-state index is 12.1. The van der Waals surface area contributed by atoms with Crippen molar-refractivity contribution in [1.29, 1.82) is 0 Å². The van der Waals surface area contributed by atoms with E-state index in [0.717, 1.165) is 11.4 Å². The molecule has 0 aliphatic heterocycles. The number of terminal acetylenes is 1. The van der Waals surface area contributed by atoms with Gasteiger partial charge >= 0.3 is 6.09 Å². The molecule has 0 atom stereocenters. The van der Waals surface area contributed by atoms with E-state index in [0.29, 0.717) is 17.0 Å². The minimum Gasteiger partial charge on any atom is -0.433 e. The van der Waals surface area contributed by atoms with E-state index in [4.69, 9.17) is 11.2 Å². The molecule has 112 valence electrons. The summed E-state index contributed by atoms with van der Waals surface area (Å²) in [5.74, 6) is 2.48. The molecule has 1 N–H and O–H groups in total. The van der Waals surface area contributed by atoms with Gasteiger partial charge in [0.2, 0.25) is 0 Å². The van der Waals surface area contributed by atoms with Crippen LogP contribution in [0.15, 0.2) is 24.3 Å². The molecule has 2 amide bonds. The summed E-state index contributed by atoms with van der Waals surface area (Å²) < 4.78 is 4.96. The summed E-state index contributed by atoms with van der Waals surface area (Å²) in [5.41, 5.74) is 1.05. The largest absolute Gasteiger partial charge is 0.433 e. The van der Waals surface area contributed by atoms with Crippen LogP contribution < -0.4 is 5.32 Å². The van der Waals surface area contributed by atoms with Crippen molar-refractivity contribution in [2.75, 3.05) is 20.3 Å². The normalized spacial score (nSPS) is 10.0. The van der Waals surface area contributed by atoms with Gasteiger partial charge in [-0.1, -0.05) is 19.8 Å². The molecule has 0 unspecified atom stereocenters. The second-order valence-electron chi connectivity index (χ2n) is 4.99. The van der Waals surface area contributed by atoms with Crippen molar-refractivity contribution in [3.05, 3.63) is 35.4 Å². The summed E-state index contributed by atoms with van der Waals surface area (Å²) in [6, 6.07) is 6.46. The molecule has 0 saturated carbocycles. The molecule has 0 heterocycles. The molecule has 5 nitrogen and oxygen atoms in total. The van der Waals surface area contributed by atoms with E-state index >= 15 is 0 Å². The molecule has 0 saturated heterocycles. The third-order valence-corrected chi connectivity index (χ3v) is 2.73. The summed E-state index contributed by atoms with van der Waals surface area (Å²) in [5, 5.41) is 2.96. The van der Waals surface area contributed by atoms with Crippen molar-refractivity contribution >= 4 is 12.0 Å². The maximum Gasteiger partial charge on any atom is 0.417 e. The van der Waals surface area contributed by atoms with Crippen molar-refractivity contribution < 1.29 is 14.3 Å². The minimum absolute atomic E-state index is 0.0741. The molecule has 5 heteroatoms. The number of amides is 2. The first-order valence-electron chi connectivity index (χ1n) is 6.68. The molecule has 0 spiro atoms. The smallest absolute Gasteiger partial charge is 0.417 e. The van der Waals surface area contributed by atoms with Gasteiger partial charge in [-0.15, -0.1) is 6.42 Å². The lowest BCUT2D eigenvalue weighted by Gasteiger charge is -2.16. The molecule has 1 aromatic carbocycles. The fourth-order valence-corrected chi connectivity index (χ4v) is 1.54. The van der Waals surface area contributed by atoms with Gasteiger partial charge in [0, 0.05) is 24.7 Å². The Balaban J connectivity index is 2.52. The monoisotopic (exact) mass is 288 g/mol. The van der Waals surface area contributed by atoms with E-state index in [1.165, 1.54) is 7.05 Å². The third kappa shape index (κ3) is 5.28.